The molecule has 0 bridgehead atoms. The van der Waals surface area contributed by atoms with Gasteiger partial charge in [0, 0.05) is 5.02 Å². The topological polar surface area (TPSA) is 58.6 Å². The van der Waals surface area contributed by atoms with Gasteiger partial charge in [-0.05, 0) is 30.7 Å². The molecule has 1 atom stereocenters. The molecule has 1 amide bonds. The molecule has 0 heterocycles. The zero-order valence-corrected chi connectivity index (χ0v) is 13.0. The molecule has 0 fully saturated rings. The lowest BCUT2D eigenvalue weighted by Gasteiger charge is -2.18. The largest absolute Gasteiger partial charge is 0.493 e. The molecule has 0 saturated heterocycles. The molecule has 0 aromatic heterocycles. The van der Waals surface area contributed by atoms with E-state index >= 15 is 0 Å². The van der Waals surface area contributed by atoms with Gasteiger partial charge in [0.1, 0.15) is 5.75 Å². The molecule has 2 aromatic rings. The Labute approximate surface area is 134 Å². The van der Waals surface area contributed by atoms with E-state index in [9.17, 15) is 9.90 Å². The average molecular weight is 320 g/mol. The summed E-state index contributed by atoms with van der Waals surface area (Å²) in [5.41, 5.74) is 1.23. The summed E-state index contributed by atoms with van der Waals surface area (Å²) in [6.45, 7) is 2.08. The van der Waals surface area contributed by atoms with E-state index in [-0.39, 0.29) is 12.5 Å². The van der Waals surface area contributed by atoms with Gasteiger partial charge in [-0.15, -0.1) is 0 Å². The highest BCUT2D eigenvalue weighted by molar-refractivity contribution is 6.30. The van der Waals surface area contributed by atoms with Gasteiger partial charge in [0.2, 0.25) is 0 Å². The SMILES string of the molecule is CCOc1cc(Cl)ccc1C(=O)N[C@H](CO)c1ccccc1. The number of carbonyl (C=O) groups excluding carboxylic acids is 1. The van der Waals surface area contributed by atoms with Crippen LogP contribution in [0.25, 0.3) is 0 Å². The maximum Gasteiger partial charge on any atom is 0.255 e. The Bertz CT molecular complexity index is 631. The zero-order chi connectivity index (χ0) is 15.9. The number of hydrogen-bond donors (Lipinski definition) is 2. The molecule has 0 saturated carbocycles. The summed E-state index contributed by atoms with van der Waals surface area (Å²) in [7, 11) is 0. The molecule has 22 heavy (non-hydrogen) atoms. The highest BCUT2D eigenvalue weighted by atomic mass is 35.5. The molecule has 0 radical (unpaired) electrons. The number of rotatable bonds is 6. The van der Waals surface area contributed by atoms with E-state index in [0.717, 1.165) is 5.56 Å². The fourth-order valence-electron chi connectivity index (χ4n) is 2.11. The maximum absolute atomic E-state index is 12.4. The first-order valence-corrected chi connectivity index (χ1v) is 7.42. The van der Waals surface area contributed by atoms with Crippen LogP contribution in [0.1, 0.15) is 28.9 Å². The predicted octanol–water partition coefficient (Wildman–Crippen LogP) is 3.20. The number of amides is 1. The fraction of sp³-hybridized carbons (Fsp3) is 0.235. The molecule has 116 valence electrons. The number of benzene rings is 2. The third-order valence-corrected chi connectivity index (χ3v) is 3.41. The number of hydrogen-bond acceptors (Lipinski definition) is 3. The molecule has 0 aliphatic rings. The Morgan fingerprint density at radius 2 is 2.00 bits per heavy atom. The first-order chi connectivity index (χ1) is 10.7. The van der Waals surface area contributed by atoms with Gasteiger partial charge >= 0.3 is 0 Å². The Balaban J connectivity index is 2.21. The average Bonchev–Trinajstić information content (AvgIpc) is 2.53. The van der Waals surface area contributed by atoms with E-state index in [1.165, 1.54) is 0 Å². The van der Waals surface area contributed by atoms with Crippen molar-refractivity contribution in [1.82, 2.24) is 5.32 Å². The lowest BCUT2D eigenvalue weighted by Crippen LogP contribution is -2.31. The highest BCUT2D eigenvalue weighted by Gasteiger charge is 2.18. The Hall–Kier alpha value is -2.04. The van der Waals surface area contributed by atoms with Crippen molar-refractivity contribution >= 4 is 17.5 Å². The molecule has 2 N–H and O–H groups in total. The standard InChI is InChI=1S/C17H18ClNO3/c1-2-22-16-10-13(18)8-9-14(16)17(21)19-15(11-20)12-6-4-3-5-7-12/h3-10,15,20H,2,11H2,1H3,(H,19,21)/t15-/m1/s1. The van der Waals surface area contributed by atoms with Crippen molar-refractivity contribution in [2.75, 3.05) is 13.2 Å². The number of halogens is 1. The quantitative estimate of drug-likeness (QED) is 0.859. The van der Waals surface area contributed by atoms with Gasteiger partial charge in [0.05, 0.1) is 24.8 Å². The van der Waals surface area contributed by atoms with Crippen LogP contribution in [0.2, 0.25) is 5.02 Å². The smallest absolute Gasteiger partial charge is 0.255 e. The molecule has 5 heteroatoms. The molecule has 0 spiro atoms. The van der Waals surface area contributed by atoms with Crippen LogP contribution in [0, 0.1) is 0 Å². The first-order valence-electron chi connectivity index (χ1n) is 7.04. The fourth-order valence-corrected chi connectivity index (χ4v) is 2.28. The van der Waals surface area contributed by atoms with Crippen LogP contribution in [-0.2, 0) is 0 Å². The summed E-state index contributed by atoms with van der Waals surface area (Å²) in [4.78, 5) is 12.4. The van der Waals surface area contributed by atoms with Gasteiger partial charge < -0.3 is 15.2 Å². The van der Waals surface area contributed by atoms with Gasteiger partial charge in [0.15, 0.2) is 0 Å². The maximum atomic E-state index is 12.4. The van der Waals surface area contributed by atoms with Gasteiger partial charge in [-0.1, -0.05) is 41.9 Å². The van der Waals surface area contributed by atoms with E-state index in [2.05, 4.69) is 5.32 Å². The number of carbonyl (C=O) groups is 1. The second kappa shape index (κ2) is 7.82. The van der Waals surface area contributed by atoms with Crippen molar-refractivity contribution in [2.24, 2.45) is 0 Å². The molecule has 2 rings (SSSR count). The van der Waals surface area contributed by atoms with E-state index in [4.69, 9.17) is 16.3 Å². The Kier molecular flexibility index (Phi) is 5.81. The summed E-state index contributed by atoms with van der Waals surface area (Å²) >= 11 is 5.93. The van der Waals surface area contributed by atoms with E-state index in [1.54, 1.807) is 18.2 Å². The van der Waals surface area contributed by atoms with Crippen molar-refractivity contribution in [3.63, 3.8) is 0 Å². The lowest BCUT2D eigenvalue weighted by molar-refractivity contribution is 0.0912. The zero-order valence-electron chi connectivity index (χ0n) is 12.3. The minimum atomic E-state index is -0.473. The van der Waals surface area contributed by atoms with Crippen LogP contribution >= 0.6 is 11.6 Å². The summed E-state index contributed by atoms with van der Waals surface area (Å²) < 4.78 is 5.45. The third kappa shape index (κ3) is 4.00. The van der Waals surface area contributed by atoms with Gasteiger partial charge in [-0.2, -0.15) is 0 Å². The number of ether oxygens (including phenoxy) is 1. The molecule has 0 aliphatic heterocycles. The first kappa shape index (κ1) is 16.3. The number of aliphatic hydroxyl groups is 1. The van der Waals surface area contributed by atoms with Crippen LogP contribution in [0.3, 0.4) is 0 Å². The Morgan fingerprint density at radius 3 is 2.64 bits per heavy atom. The van der Waals surface area contributed by atoms with Crippen molar-refractivity contribution in [1.29, 1.82) is 0 Å². The molecule has 2 aromatic carbocycles. The van der Waals surface area contributed by atoms with Crippen molar-refractivity contribution in [3.8, 4) is 5.75 Å². The van der Waals surface area contributed by atoms with Crippen LogP contribution < -0.4 is 10.1 Å². The van der Waals surface area contributed by atoms with Crippen LogP contribution in [0.15, 0.2) is 48.5 Å². The van der Waals surface area contributed by atoms with Crippen molar-refractivity contribution in [2.45, 2.75) is 13.0 Å². The highest BCUT2D eigenvalue weighted by Crippen LogP contribution is 2.24. The minimum Gasteiger partial charge on any atom is -0.493 e. The number of aliphatic hydroxyl groups excluding tert-OH is 1. The van der Waals surface area contributed by atoms with Crippen LogP contribution in [0.4, 0.5) is 0 Å². The molecular formula is C17H18ClNO3. The minimum absolute atomic E-state index is 0.187. The predicted molar refractivity (Wildman–Crippen MR) is 86.4 cm³/mol. The van der Waals surface area contributed by atoms with Crippen LogP contribution in [0.5, 0.6) is 5.75 Å². The van der Waals surface area contributed by atoms with E-state index in [1.807, 2.05) is 37.3 Å². The van der Waals surface area contributed by atoms with Gasteiger partial charge in [-0.3, -0.25) is 4.79 Å². The Morgan fingerprint density at radius 1 is 1.27 bits per heavy atom. The molecule has 4 nitrogen and oxygen atoms in total. The molecule has 0 aliphatic carbocycles. The van der Waals surface area contributed by atoms with Gasteiger partial charge in [-0.25, -0.2) is 0 Å². The monoisotopic (exact) mass is 319 g/mol. The number of nitrogens with one attached hydrogen (secondary N) is 1. The van der Waals surface area contributed by atoms with Crippen LogP contribution in [-0.4, -0.2) is 24.2 Å². The third-order valence-electron chi connectivity index (χ3n) is 3.18. The van der Waals surface area contributed by atoms with Crippen molar-refractivity contribution < 1.29 is 14.6 Å². The molecule has 0 unspecified atom stereocenters. The summed E-state index contributed by atoms with van der Waals surface area (Å²) in [5.74, 6) is 0.111. The second-order valence-corrected chi connectivity index (χ2v) is 5.13. The van der Waals surface area contributed by atoms with E-state index in [0.29, 0.717) is 22.9 Å². The second-order valence-electron chi connectivity index (χ2n) is 4.69. The summed E-state index contributed by atoms with van der Waals surface area (Å²) in [6, 6.07) is 13.7. The summed E-state index contributed by atoms with van der Waals surface area (Å²) in [6.07, 6.45) is 0. The normalized spacial score (nSPS) is 11.8. The lowest BCUT2D eigenvalue weighted by atomic mass is 10.1. The van der Waals surface area contributed by atoms with Gasteiger partial charge in [0.25, 0.3) is 5.91 Å². The molecular weight excluding hydrogens is 302 g/mol. The summed E-state index contributed by atoms with van der Waals surface area (Å²) in [5, 5.41) is 12.8. The van der Waals surface area contributed by atoms with Crippen molar-refractivity contribution in [3.05, 3.63) is 64.7 Å². The van der Waals surface area contributed by atoms with E-state index < -0.39 is 6.04 Å².